The van der Waals surface area contributed by atoms with E-state index in [4.69, 9.17) is 14.2 Å². The monoisotopic (exact) mass is 384 g/mol. The van der Waals surface area contributed by atoms with E-state index in [1.54, 1.807) is 14.2 Å². The zero-order valence-electron chi connectivity index (χ0n) is 16.6. The van der Waals surface area contributed by atoms with Gasteiger partial charge in [0.05, 0.1) is 38.8 Å². The van der Waals surface area contributed by atoms with E-state index in [2.05, 4.69) is 10.2 Å². The second kappa shape index (κ2) is 9.99. The summed E-state index contributed by atoms with van der Waals surface area (Å²) in [5.74, 6) is 1.45. The number of nitrogens with zero attached hydrogens (tertiary/aromatic N) is 1. The van der Waals surface area contributed by atoms with E-state index < -0.39 is 0 Å². The van der Waals surface area contributed by atoms with E-state index in [-0.39, 0.29) is 5.91 Å². The van der Waals surface area contributed by atoms with Crippen LogP contribution in [0.2, 0.25) is 0 Å². The SMILES string of the molecule is COc1ccc(CCCC(=O)Nc2ccccc2N2CCOCC2)cc1OC. The first-order valence-electron chi connectivity index (χ1n) is 9.63. The van der Waals surface area contributed by atoms with Gasteiger partial charge < -0.3 is 24.4 Å². The third kappa shape index (κ3) is 5.16. The van der Waals surface area contributed by atoms with E-state index >= 15 is 0 Å². The maximum atomic E-state index is 12.5. The van der Waals surface area contributed by atoms with Gasteiger partial charge >= 0.3 is 0 Å². The molecule has 2 aromatic rings. The van der Waals surface area contributed by atoms with Crippen molar-refractivity contribution in [3.05, 3.63) is 48.0 Å². The van der Waals surface area contributed by atoms with E-state index in [1.807, 2.05) is 42.5 Å². The minimum atomic E-state index is 0.0289. The van der Waals surface area contributed by atoms with Crippen LogP contribution in [-0.4, -0.2) is 46.4 Å². The molecule has 1 aliphatic rings. The molecule has 1 amide bonds. The zero-order valence-corrected chi connectivity index (χ0v) is 16.6. The van der Waals surface area contributed by atoms with Crippen molar-refractivity contribution < 1.29 is 19.0 Å². The summed E-state index contributed by atoms with van der Waals surface area (Å²) in [5.41, 5.74) is 3.04. The highest BCUT2D eigenvalue weighted by Gasteiger charge is 2.15. The molecule has 1 saturated heterocycles. The number of methoxy groups -OCH3 is 2. The highest BCUT2D eigenvalue weighted by molar-refractivity contribution is 5.94. The molecular formula is C22H28N2O4. The van der Waals surface area contributed by atoms with Gasteiger partial charge in [-0.1, -0.05) is 18.2 Å². The van der Waals surface area contributed by atoms with Crippen LogP contribution in [0.5, 0.6) is 11.5 Å². The lowest BCUT2D eigenvalue weighted by Gasteiger charge is -2.30. The number of hydrogen-bond donors (Lipinski definition) is 1. The molecule has 1 N–H and O–H groups in total. The number of benzene rings is 2. The van der Waals surface area contributed by atoms with Gasteiger partial charge in [-0.15, -0.1) is 0 Å². The number of carbonyl (C=O) groups excluding carboxylic acids is 1. The van der Waals surface area contributed by atoms with Crippen LogP contribution >= 0.6 is 0 Å². The molecule has 0 spiro atoms. The molecule has 0 aliphatic carbocycles. The van der Waals surface area contributed by atoms with Gasteiger partial charge in [-0.25, -0.2) is 0 Å². The predicted octanol–water partition coefficient (Wildman–Crippen LogP) is 3.50. The summed E-state index contributed by atoms with van der Waals surface area (Å²) in [7, 11) is 3.25. The van der Waals surface area contributed by atoms with Gasteiger partial charge in [-0.05, 0) is 42.7 Å². The number of carbonyl (C=O) groups is 1. The van der Waals surface area contributed by atoms with Crippen molar-refractivity contribution >= 4 is 17.3 Å². The van der Waals surface area contributed by atoms with Crippen LogP contribution in [0.3, 0.4) is 0 Å². The fourth-order valence-corrected chi connectivity index (χ4v) is 3.36. The second-order valence-electron chi connectivity index (χ2n) is 6.71. The summed E-state index contributed by atoms with van der Waals surface area (Å²) in [6.45, 7) is 3.11. The fraction of sp³-hybridized carbons (Fsp3) is 0.409. The third-order valence-electron chi connectivity index (χ3n) is 4.85. The quantitative estimate of drug-likeness (QED) is 0.755. The van der Waals surface area contributed by atoms with Crippen LogP contribution in [0.1, 0.15) is 18.4 Å². The molecule has 0 atom stereocenters. The molecule has 0 radical (unpaired) electrons. The summed E-state index contributed by atoms with van der Waals surface area (Å²) in [4.78, 5) is 14.7. The number of rotatable bonds is 8. The van der Waals surface area contributed by atoms with Gasteiger partial charge in [0.1, 0.15) is 0 Å². The van der Waals surface area contributed by atoms with Crippen molar-refractivity contribution in [2.75, 3.05) is 50.7 Å². The van der Waals surface area contributed by atoms with Crippen molar-refractivity contribution in [1.29, 1.82) is 0 Å². The molecule has 0 aromatic heterocycles. The Hall–Kier alpha value is -2.73. The Kier molecular flexibility index (Phi) is 7.14. The largest absolute Gasteiger partial charge is 0.493 e. The lowest BCUT2D eigenvalue weighted by molar-refractivity contribution is -0.116. The number of hydrogen-bond acceptors (Lipinski definition) is 5. The molecule has 1 fully saturated rings. The first-order valence-corrected chi connectivity index (χ1v) is 9.63. The Morgan fingerprint density at radius 2 is 1.82 bits per heavy atom. The Labute approximate surface area is 166 Å². The molecule has 2 aromatic carbocycles. The summed E-state index contributed by atoms with van der Waals surface area (Å²) >= 11 is 0. The number of anilines is 2. The third-order valence-corrected chi connectivity index (χ3v) is 4.85. The summed E-state index contributed by atoms with van der Waals surface area (Å²) in [5, 5.41) is 3.07. The molecule has 1 aliphatic heterocycles. The van der Waals surface area contributed by atoms with E-state index in [9.17, 15) is 4.79 Å². The van der Waals surface area contributed by atoms with Crippen molar-refractivity contribution in [2.45, 2.75) is 19.3 Å². The highest BCUT2D eigenvalue weighted by atomic mass is 16.5. The molecule has 0 unspecified atom stereocenters. The maximum Gasteiger partial charge on any atom is 0.224 e. The molecule has 6 heteroatoms. The van der Waals surface area contributed by atoms with Gasteiger partial charge in [-0.2, -0.15) is 0 Å². The molecule has 150 valence electrons. The van der Waals surface area contributed by atoms with Gasteiger partial charge in [0.25, 0.3) is 0 Å². The van der Waals surface area contributed by atoms with Gasteiger partial charge in [0.15, 0.2) is 11.5 Å². The Morgan fingerprint density at radius 3 is 2.57 bits per heavy atom. The number of nitrogens with one attached hydrogen (secondary N) is 1. The average molecular weight is 384 g/mol. The minimum absolute atomic E-state index is 0.0289. The summed E-state index contributed by atoms with van der Waals surface area (Å²) < 4.78 is 16.0. The van der Waals surface area contributed by atoms with Gasteiger partial charge in [-0.3, -0.25) is 4.79 Å². The maximum absolute atomic E-state index is 12.5. The van der Waals surface area contributed by atoms with Crippen LogP contribution in [0.15, 0.2) is 42.5 Å². The first-order chi connectivity index (χ1) is 13.7. The average Bonchev–Trinajstić information content (AvgIpc) is 2.74. The molecule has 28 heavy (non-hydrogen) atoms. The standard InChI is InChI=1S/C22H28N2O4/c1-26-20-11-10-17(16-21(20)27-2)6-5-9-22(25)23-18-7-3-4-8-19(18)24-12-14-28-15-13-24/h3-4,7-8,10-11,16H,5-6,9,12-15H2,1-2H3,(H,23,25). The van der Waals surface area contributed by atoms with Crippen molar-refractivity contribution in [2.24, 2.45) is 0 Å². The Morgan fingerprint density at radius 1 is 1.07 bits per heavy atom. The number of ether oxygens (including phenoxy) is 3. The van der Waals surface area contributed by atoms with Gasteiger partial charge in [0, 0.05) is 19.5 Å². The van der Waals surface area contributed by atoms with Crippen molar-refractivity contribution in [3.63, 3.8) is 0 Å². The predicted molar refractivity (Wildman–Crippen MR) is 111 cm³/mol. The Bertz CT molecular complexity index is 788. The minimum Gasteiger partial charge on any atom is -0.493 e. The van der Waals surface area contributed by atoms with E-state index in [0.29, 0.717) is 31.1 Å². The smallest absolute Gasteiger partial charge is 0.224 e. The Balaban J connectivity index is 1.54. The first kappa shape index (κ1) is 20.0. The van der Waals surface area contributed by atoms with Crippen LogP contribution in [0.25, 0.3) is 0 Å². The normalized spacial score (nSPS) is 13.9. The lowest BCUT2D eigenvalue weighted by atomic mass is 10.1. The number of morpholine rings is 1. The highest BCUT2D eigenvalue weighted by Crippen LogP contribution is 2.29. The van der Waals surface area contributed by atoms with Gasteiger partial charge in [0.2, 0.25) is 5.91 Å². The molecule has 3 rings (SSSR count). The number of para-hydroxylation sites is 2. The molecule has 6 nitrogen and oxygen atoms in total. The van der Waals surface area contributed by atoms with Crippen molar-refractivity contribution in [3.8, 4) is 11.5 Å². The summed E-state index contributed by atoms with van der Waals surface area (Å²) in [6.07, 6.45) is 2.03. The van der Waals surface area contributed by atoms with E-state index in [1.165, 1.54) is 0 Å². The number of amides is 1. The van der Waals surface area contributed by atoms with Crippen LogP contribution in [0.4, 0.5) is 11.4 Å². The van der Waals surface area contributed by atoms with Crippen molar-refractivity contribution in [1.82, 2.24) is 0 Å². The zero-order chi connectivity index (χ0) is 19.8. The van der Waals surface area contributed by atoms with Crippen LogP contribution in [-0.2, 0) is 16.0 Å². The molecule has 0 bridgehead atoms. The summed E-state index contributed by atoms with van der Waals surface area (Å²) in [6, 6.07) is 13.8. The molecule has 1 heterocycles. The topological polar surface area (TPSA) is 60.0 Å². The lowest BCUT2D eigenvalue weighted by Crippen LogP contribution is -2.36. The van der Waals surface area contributed by atoms with Crippen LogP contribution in [0, 0.1) is 0 Å². The molecule has 0 saturated carbocycles. The van der Waals surface area contributed by atoms with Crippen LogP contribution < -0.4 is 19.7 Å². The fourth-order valence-electron chi connectivity index (χ4n) is 3.36. The molecular weight excluding hydrogens is 356 g/mol. The van der Waals surface area contributed by atoms with E-state index in [0.717, 1.165) is 42.9 Å². The second-order valence-corrected chi connectivity index (χ2v) is 6.71. The number of aryl methyl sites for hydroxylation is 1.